The van der Waals surface area contributed by atoms with Gasteiger partial charge in [-0.3, -0.25) is 4.99 Å². The van der Waals surface area contributed by atoms with Gasteiger partial charge in [-0.05, 0) is 30.3 Å². The molecule has 2 aromatic carbocycles. The Morgan fingerprint density at radius 1 is 0.944 bits per heavy atom. The van der Waals surface area contributed by atoms with Gasteiger partial charge >= 0.3 is 0 Å². The molecule has 0 unspecified atom stereocenters. The highest BCUT2D eigenvalue weighted by Gasteiger charge is 2.06. The molecule has 1 nitrogen and oxygen atoms in total. The van der Waals surface area contributed by atoms with E-state index in [0.717, 1.165) is 24.4 Å². The first-order valence-electron chi connectivity index (χ1n) is 5.01. The molecular weight excluding hydrogens is 263 g/mol. The first-order valence-corrected chi connectivity index (χ1v) is 5.39. The Kier molecular flexibility index (Phi) is 3.67. The second-order valence-corrected chi connectivity index (χ2v) is 3.93. The van der Waals surface area contributed by atoms with Crippen LogP contribution >= 0.6 is 11.6 Å². The number of nitrogens with zero attached hydrogens (tertiary/aromatic N) is 1. The standard InChI is InChI=1S/C13H7ClF3N/c14-8-4-5-13(12(17)6-8)18-7-9-10(15)2-1-3-11(9)16/h1-7H. The molecule has 0 heterocycles. The molecular formula is C13H7ClF3N. The molecule has 0 bridgehead atoms. The van der Waals surface area contributed by atoms with Gasteiger partial charge in [-0.2, -0.15) is 0 Å². The van der Waals surface area contributed by atoms with Crippen LogP contribution in [0.5, 0.6) is 0 Å². The quantitative estimate of drug-likeness (QED) is 0.712. The molecule has 0 aliphatic rings. The van der Waals surface area contributed by atoms with E-state index < -0.39 is 17.5 Å². The molecule has 0 saturated heterocycles. The molecule has 5 heteroatoms. The van der Waals surface area contributed by atoms with Crippen molar-refractivity contribution in [3.8, 4) is 0 Å². The lowest BCUT2D eigenvalue weighted by molar-refractivity contribution is 0.580. The van der Waals surface area contributed by atoms with Crippen molar-refractivity contribution in [1.29, 1.82) is 0 Å². The third-order valence-corrected chi connectivity index (χ3v) is 2.48. The zero-order valence-corrected chi connectivity index (χ0v) is 9.76. The van der Waals surface area contributed by atoms with Crippen LogP contribution in [0.1, 0.15) is 5.56 Å². The van der Waals surface area contributed by atoms with Gasteiger partial charge in [0.05, 0.1) is 11.3 Å². The highest BCUT2D eigenvalue weighted by Crippen LogP contribution is 2.22. The maximum atomic E-state index is 13.4. The highest BCUT2D eigenvalue weighted by atomic mass is 35.5. The smallest absolute Gasteiger partial charge is 0.150 e. The van der Waals surface area contributed by atoms with E-state index in [2.05, 4.69) is 4.99 Å². The average molecular weight is 270 g/mol. The van der Waals surface area contributed by atoms with Gasteiger partial charge in [0.25, 0.3) is 0 Å². The number of aliphatic imine (C=N–C) groups is 1. The van der Waals surface area contributed by atoms with Crippen LogP contribution in [-0.4, -0.2) is 6.21 Å². The van der Waals surface area contributed by atoms with Gasteiger partial charge in [0.2, 0.25) is 0 Å². The Balaban J connectivity index is 2.36. The van der Waals surface area contributed by atoms with E-state index in [1.165, 1.54) is 18.2 Å². The van der Waals surface area contributed by atoms with Crippen LogP contribution in [0.4, 0.5) is 18.9 Å². The minimum absolute atomic E-state index is 0.0398. The van der Waals surface area contributed by atoms with Crippen LogP contribution in [0, 0.1) is 17.5 Å². The van der Waals surface area contributed by atoms with E-state index in [9.17, 15) is 13.2 Å². The minimum Gasteiger partial charge on any atom is -0.253 e. The maximum absolute atomic E-state index is 13.4. The predicted molar refractivity (Wildman–Crippen MR) is 65.0 cm³/mol. The predicted octanol–water partition coefficient (Wildman–Crippen LogP) is 4.51. The molecule has 0 spiro atoms. The number of rotatable bonds is 2. The van der Waals surface area contributed by atoms with Gasteiger partial charge < -0.3 is 0 Å². The minimum atomic E-state index is -0.756. The molecule has 18 heavy (non-hydrogen) atoms. The topological polar surface area (TPSA) is 12.4 Å². The van der Waals surface area contributed by atoms with Crippen molar-refractivity contribution < 1.29 is 13.2 Å². The van der Waals surface area contributed by atoms with Crippen LogP contribution in [0.15, 0.2) is 41.4 Å². The second-order valence-electron chi connectivity index (χ2n) is 3.49. The second kappa shape index (κ2) is 5.23. The maximum Gasteiger partial charge on any atom is 0.150 e. The van der Waals surface area contributed by atoms with E-state index in [-0.39, 0.29) is 16.3 Å². The van der Waals surface area contributed by atoms with Gasteiger partial charge in [0.15, 0.2) is 0 Å². The lowest BCUT2D eigenvalue weighted by Crippen LogP contribution is -1.93. The molecule has 0 aliphatic carbocycles. The molecule has 0 atom stereocenters. The van der Waals surface area contributed by atoms with Crippen molar-refractivity contribution in [1.82, 2.24) is 0 Å². The third-order valence-electron chi connectivity index (χ3n) is 2.24. The lowest BCUT2D eigenvalue weighted by atomic mass is 10.2. The van der Waals surface area contributed by atoms with Gasteiger partial charge in [-0.1, -0.05) is 17.7 Å². The molecule has 0 radical (unpaired) electrons. The normalized spacial score (nSPS) is 11.1. The molecule has 0 fully saturated rings. The summed E-state index contributed by atoms with van der Waals surface area (Å²) in [6.07, 6.45) is 0.941. The zero-order chi connectivity index (χ0) is 13.1. The molecule has 92 valence electrons. The first-order chi connectivity index (χ1) is 8.58. The summed E-state index contributed by atoms with van der Waals surface area (Å²) >= 11 is 5.57. The van der Waals surface area contributed by atoms with Crippen molar-refractivity contribution >= 4 is 23.5 Å². The summed E-state index contributed by atoms with van der Waals surface area (Å²) in [4.78, 5) is 3.70. The molecule has 0 saturated carbocycles. The number of halogens is 4. The Morgan fingerprint density at radius 2 is 1.61 bits per heavy atom. The highest BCUT2D eigenvalue weighted by molar-refractivity contribution is 6.30. The van der Waals surface area contributed by atoms with Crippen molar-refractivity contribution in [2.75, 3.05) is 0 Å². The monoisotopic (exact) mass is 269 g/mol. The van der Waals surface area contributed by atoms with E-state index in [1.54, 1.807) is 0 Å². The molecule has 0 N–H and O–H groups in total. The lowest BCUT2D eigenvalue weighted by Gasteiger charge is -1.99. The van der Waals surface area contributed by atoms with Gasteiger partial charge in [0, 0.05) is 11.2 Å². The molecule has 0 aliphatic heterocycles. The molecule has 0 amide bonds. The van der Waals surface area contributed by atoms with Gasteiger partial charge in [0.1, 0.15) is 17.5 Å². The van der Waals surface area contributed by atoms with Crippen molar-refractivity contribution in [2.45, 2.75) is 0 Å². The van der Waals surface area contributed by atoms with Crippen LogP contribution in [0.3, 0.4) is 0 Å². The zero-order valence-electron chi connectivity index (χ0n) is 9.00. The van der Waals surface area contributed by atoms with Gasteiger partial charge in [-0.15, -0.1) is 0 Å². The summed E-state index contributed by atoms with van der Waals surface area (Å²) in [5, 5.41) is 0.225. The van der Waals surface area contributed by atoms with Crippen molar-refractivity contribution in [3.63, 3.8) is 0 Å². The Labute approximate surface area is 107 Å². The fourth-order valence-electron chi connectivity index (χ4n) is 1.35. The Morgan fingerprint density at radius 3 is 2.22 bits per heavy atom. The van der Waals surface area contributed by atoms with Gasteiger partial charge in [-0.25, -0.2) is 13.2 Å². The average Bonchev–Trinajstić information content (AvgIpc) is 2.31. The SMILES string of the molecule is Fc1cc(Cl)ccc1N=Cc1c(F)cccc1F. The summed E-state index contributed by atoms with van der Waals surface area (Å²) < 4.78 is 39.9. The third kappa shape index (κ3) is 2.71. The van der Waals surface area contributed by atoms with E-state index >= 15 is 0 Å². The summed E-state index contributed by atoms with van der Waals surface area (Å²) in [6, 6.07) is 7.28. The Bertz CT molecular complexity index is 591. The molecule has 2 rings (SSSR count). The van der Waals surface area contributed by atoms with E-state index in [0.29, 0.717) is 0 Å². The summed E-state index contributed by atoms with van der Waals surface area (Å²) in [7, 11) is 0. The van der Waals surface area contributed by atoms with Crippen LogP contribution < -0.4 is 0 Å². The van der Waals surface area contributed by atoms with E-state index in [4.69, 9.17) is 11.6 Å². The summed E-state index contributed by atoms with van der Waals surface area (Å²) in [6.45, 7) is 0. The fraction of sp³-hybridized carbons (Fsp3) is 0. The summed E-state index contributed by atoms with van der Waals surface area (Å²) in [5.74, 6) is -2.17. The number of benzene rings is 2. The number of hydrogen-bond donors (Lipinski definition) is 0. The fourth-order valence-corrected chi connectivity index (χ4v) is 1.51. The van der Waals surface area contributed by atoms with Crippen LogP contribution in [-0.2, 0) is 0 Å². The van der Waals surface area contributed by atoms with Crippen molar-refractivity contribution in [2.24, 2.45) is 4.99 Å². The summed E-state index contributed by atoms with van der Waals surface area (Å²) in [5.41, 5.74) is -0.353. The van der Waals surface area contributed by atoms with Crippen LogP contribution in [0.25, 0.3) is 0 Å². The molecule has 0 aromatic heterocycles. The largest absolute Gasteiger partial charge is 0.253 e. The first kappa shape index (κ1) is 12.6. The Hall–Kier alpha value is -1.81. The molecule has 2 aromatic rings. The number of hydrogen-bond acceptors (Lipinski definition) is 1. The van der Waals surface area contributed by atoms with Crippen molar-refractivity contribution in [3.05, 3.63) is 64.4 Å². The van der Waals surface area contributed by atoms with E-state index in [1.807, 2.05) is 0 Å². The van der Waals surface area contributed by atoms with Crippen LogP contribution in [0.2, 0.25) is 5.02 Å².